The van der Waals surface area contributed by atoms with Crippen molar-refractivity contribution >= 4 is 17.9 Å². The smallest absolute Gasteiger partial charge is 0.306 e. The molecule has 6 heteroatoms. The maximum Gasteiger partial charge on any atom is 0.306 e. The molecule has 0 aromatic rings. The lowest BCUT2D eigenvalue weighted by atomic mass is 10.1. The fourth-order valence-corrected chi connectivity index (χ4v) is 6.34. The Bertz CT molecular complexity index is 1450. The highest BCUT2D eigenvalue weighted by Crippen LogP contribution is 2.12. The zero-order chi connectivity index (χ0) is 47.2. The van der Waals surface area contributed by atoms with Crippen molar-refractivity contribution in [2.24, 2.45) is 0 Å². The molecule has 0 rings (SSSR count). The Morgan fingerprint density at radius 3 is 1.22 bits per heavy atom. The third kappa shape index (κ3) is 50.4. The average molecular weight is 897 g/mol. The van der Waals surface area contributed by atoms with Crippen molar-refractivity contribution in [3.05, 3.63) is 134 Å². The van der Waals surface area contributed by atoms with Gasteiger partial charge in [-0.1, -0.05) is 212 Å². The van der Waals surface area contributed by atoms with Crippen LogP contribution in [0.25, 0.3) is 0 Å². The van der Waals surface area contributed by atoms with Crippen molar-refractivity contribution in [1.82, 2.24) is 0 Å². The lowest BCUT2D eigenvalue weighted by Crippen LogP contribution is -2.30. The zero-order valence-electron chi connectivity index (χ0n) is 41.4. The minimum absolute atomic E-state index is 0.122. The summed E-state index contributed by atoms with van der Waals surface area (Å²) in [5.74, 6) is -1.06. The molecule has 6 nitrogen and oxygen atoms in total. The molecule has 0 fully saturated rings. The minimum Gasteiger partial charge on any atom is -0.462 e. The number of hydrogen-bond donors (Lipinski definition) is 0. The summed E-state index contributed by atoms with van der Waals surface area (Å²) < 4.78 is 16.7. The van der Waals surface area contributed by atoms with Gasteiger partial charge in [0.1, 0.15) is 13.2 Å². The molecule has 0 aromatic carbocycles. The van der Waals surface area contributed by atoms with Crippen molar-refractivity contribution in [3.8, 4) is 0 Å². The fourth-order valence-electron chi connectivity index (χ4n) is 6.34. The molecule has 0 aliphatic carbocycles. The summed E-state index contributed by atoms with van der Waals surface area (Å²) in [6, 6.07) is 0. The molecule has 364 valence electrons. The molecule has 0 saturated heterocycles. The second-order valence-corrected chi connectivity index (χ2v) is 16.4. The fraction of sp³-hybridized carbons (Fsp3) is 0.576. The predicted octanol–water partition coefficient (Wildman–Crippen LogP) is 17.1. The molecule has 0 heterocycles. The summed E-state index contributed by atoms with van der Waals surface area (Å²) in [6.07, 6.45) is 73.0. The Labute approximate surface area is 398 Å². The van der Waals surface area contributed by atoms with Gasteiger partial charge in [-0.05, 0) is 103 Å². The number of allylic oxidation sites excluding steroid dienone is 22. The van der Waals surface area contributed by atoms with E-state index in [0.717, 1.165) is 122 Å². The number of rotatable bonds is 44. The summed E-state index contributed by atoms with van der Waals surface area (Å²) in [7, 11) is 0. The third-order valence-corrected chi connectivity index (χ3v) is 10.2. The van der Waals surface area contributed by atoms with E-state index in [2.05, 4.69) is 142 Å². The lowest BCUT2D eigenvalue weighted by Gasteiger charge is -2.18. The highest BCUT2D eigenvalue weighted by Gasteiger charge is 2.19. The average Bonchev–Trinajstić information content (AvgIpc) is 3.30. The molecule has 0 bridgehead atoms. The van der Waals surface area contributed by atoms with Crippen LogP contribution >= 0.6 is 0 Å². The maximum atomic E-state index is 12.8. The van der Waals surface area contributed by atoms with E-state index in [9.17, 15) is 14.4 Å². The van der Waals surface area contributed by atoms with Gasteiger partial charge in [0.2, 0.25) is 0 Å². The Balaban J connectivity index is 4.56. The molecule has 0 aliphatic rings. The molecule has 0 aliphatic heterocycles. The van der Waals surface area contributed by atoms with Gasteiger partial charge >= 0.3 is 17.9 Å². The van der Waals surface area contributed by atoms with E-state index < -0.39 is 6.10 Å². The van der Waals surface area contributed by atoms with E-state index >= 15 is 0 Å². The van der Waals surface area contributed by atoms with Gasteiger partial charge in [0.05, 0.1) is 0 Å². The topological polar surface area (TPSA) is 78.9 Å². The Morgan fingerprint density at radius 2 is 0.708 bits per heavy atom. The SMILES string of the molecule is CC/C=C\C/C=C\C/C=C\C/C=C\C/C=C\C/C=C\CCC(=O)OCC(COC(=O)CCCCCC/C=C\CCCC)OC(=O)CCCCCCC\C=C/C=C\C=C/C=C\CCCCC. The van der Waals surface area contributed by atoms with Crippen molar-refractivity contribution < 1.29 is 28.6 Å². The summed E-state index contributed by atoms with van der Waals surface area (Å²) in [5, 5.41) is 0. The summed E-state index contributed by atoms with van der Waals surface area (Å²) in [6.45, 7) is 6.32. The van der Waals surface area contributed by atoms with Crippen molar-refractivity contribution in [1.29, 1.82) is 0 Å². The largest absolute Gasteiger partial charge is 0.462 e. The van der Waals surface area contributed by atoms with Crippen LogP contribution in [0.4, 0.5) is 0 Å². The number of unbranched alkanes of at least 4 members (excludes halogenated alkanes) is 14. The molecule has 1 atom stereocenters. The van der Waals surface area contributed by atoms with E-state index in [1.54, 1.807) is 0 Å². The molecule has 0 amide bonds. The predicted molar refractivity (Wildman–Crippen MR) is 279 cm³/mol. The first-order valence-electron chi connectivity index (χ1n) is 25.7. The van der Waals surface area contributed by atoms with Gasteiger partial charge < -0.3 is 14.2 Å². The molecule has 0 radical (unpaired) electrons. The van der Waals surface area contributed by atoms with Crippen LogP contribution in [0.5, 0.6) is 0 Å². The van der Waals surface area contributed by atoms with Crippen LogP contribution in [-0.4, -0.2) is 37.2 Å². The molecule has 65 heavy (non-hydrogen) atoms. The van der Waals surface area contributed by atoms with E-state index in [1.165, 1.54) is 32.1 Å². The second kappa shape index (κ2) is 52.2. The maximum absolute atomic E-state index is 12.8. The van der Waals surface area contributed by atoms with Crippen LogP contribution in [0.3, 0.4) is 0 Å². The van der Waals surface area contributed by atoms with Crippen LogP contribution in [0, 0.1) is 0 Å². The molecule has 1 unspecified atom stereocenters. The number of ether oxygens (including phenoxy) is 3. The first-order chi connectivity index (χ1) is 32.0. The monoisotopic (exact) mass is 897 g/mol. The molecule has 0 saturated carbocycles. The second-order valence-electron chi connectivity index (χ2n) is 16.4. The van der Waals surface area contributed by atoms with Crippen LogP contribution in [0.15, 0.2) is 134 Å². The quantitative estimate of drug-likeness (QED) is 0.0199. The molecular weight excluding hydrogens is 805 g/mol. The summed E-state index contributed by atoms with van der Waals surface area (Å²) in [5.41, 5.74) is 0. The molecule has 0 N–H and O–H groups in total. The van der Waals surface area contributed by atoms with Gasteiger partial charge in [-0.2, -0.15) is 0 Å². The Hall–Kier alpha value is -4.45. The zero-order valence-corrected chi connectivity index (χ0v) is 41.4. The van der Waals surface area contributed by atoms with Gasteiger partial charge in [-0.3, -0.25) is 14.4 Å². The van der Waals surface area contributed by atoms with Crippen LogP contribution < -0.4 is 0 Å². The van der Waals surface area contributed by atoms with Crippen molar-refractivity contribution in [2.75, 3.05) is 13.2 Å². The summed E-state index contributed by atoms with van der Waals surface area (Å²) in [4.78, 5) is 37.9. The van der Waals surface area contributed by atoms with Crippen LogP contribution in [-0.2, 0) is 28.6 Å². The number of carbonyl (C=O) groups is 3. The number of hydrogen-bond acceptors (Lipinski definition) is 6. The standard InChI is InChI=1S/C59H92O6/c1-4-7-10-13-16-19-22-24-26-28-30-32-33-35-37-40-43-46-49-52-58(61)64-55-56(54-63-57(60)51-48-45-42-39-21-18-15-12-9-6-3)65-59(62)53-50-47-44-41-38-36-34-31-29-27-25-23-20-17-14-11-8-5-2/h7,10,15-20,23-27,29-32,34-35,37,43,46,56H,4-6,8-9,11-14,21-22,28,33,36,38-42,44-45,47-55H2,1-3H3/b10-7-,18-15-,19-16-,20-17-,25-23-,26-24-,29-27-,32-30-,34-31-,37-35-,46-43-. The summed E-state index contributed by atoms with van der Waals surface area (Å²) >= 11 is 0. The van der Waals surface area contributed by atoms with Gasteiger partial charge in [-0.25, -0.2) is 0 Å². The highest BCUT2D eigenvalue weighted by atomic mass is 16.6. The first-order valence-corrected chi connectivity index (χ1v) is 25.7. The van der Waals surface area contributed by atoms with Gasteiger partial charge in [-0.15, -0.1) is 0 Å². The van der Waals surface area contributed by atoms with E-state index in [-0.39, 0.29) is 44.0 Å². The van der Waals surface area contributed by atoms with E-state index in [4.69, 9.17) is 14.2 Å². The molecular formula is C59H92O6. The van der Waals surface area contributed by atoms with Gasteiger partial charge in [0.15, 0.2) is 6.10 Å². The molecule has 0 spiro atoms. The van der Waals surface area contributed by atoms with E-state index in [0.29, 0.717) is 12.8 Å². The Morgan fingerprint density at radius 1 is 0.338 bits per heavy atom. The molecule has 0 aromatic heterocycles. The van der Waals surface area contributed by atoms with Gasteiger partial charge in [0, 0.05) is 19.3 Å². The highest BCUT2D eigenvalue weighted by molar-refractivity contribution is 5.71. The first kappa shape index (κ1) is 60.5. The van der Waals surface area contributed by atoms with E-state index in [1.807, 2.05) is 12.2 Å². The van der Waals surface area contributed by atoms with Crippen molar-refractivity contribution in [3.63, 3.8) is 0 Å². The number of esters is 3. The van der Waals surface area contributed by atoms with Crippen molar-refractivity contribution in [2.45, 2.75) is 207 Å². The van der Waals surface area contributed by atoms with Crippen LogP contribution in [0.1, 0.15) is 201 Å². The Kier molecular flexibility index (Phi) is 48.6. The normalized spacial score (nSPS) is 13.2. The van der Waals surface area contributed by atoms with Gasteiger partial charge in [0.25, 0.3) is 0 Å². The minimum atomic E-state index is -0.830. The lowest BCUT2D eigenvalue weighted by molar-refractivity contribution is -0.166. The number of carbonyl (C=O) groups excluding carboxylic acids is 3. The van der Waals surface area contributed by atoms with Crippen LogP contribution in [0.2, 0.25) is 0 Å². The third-order valence-electron chi connectivity index (χ3n) is 10.2.